The van der Waals surface area contributed by atoms with Gasteiger partial charge < -0.3 is 10.7 Å². The van der Waals surface area contributed by atoms with Crippen LogP contribution in [0.25, 0.3) is 0 Å². The fourth-order valence-electron chi connectivity index (χ4n) is 1.93. The third-order valence-electron chi connectivity index (χ3n) is 2.98. The molecule has 0 bridgehead atoms. The topological polar surface area (TPSA) is 106 Å². The molecule has 0 amide bonds. The van der Waals surface area contributed by atoms with Crippen LogP contribution >= 0.6 is 0 Å². The molecule has 7 nitrogen and oxygen atoms in total. The summed E-state index contributed by atoms with van der Waals surface area (Å²) < 4.78 is 0. The van der Waals surface area contributed by atoms with Gasteiger partial charge in [-0.15, -0.1) is 0 Å². The fourth-order valence-corrected chi connectivity index (χ4v) is 1.93. The molecule has 1 rings (SSSR count). The van der Waals surface area contributed by atoms with Crippen molar-refractivity contribution in [3.63, 3.8) is 0 Å². The normalized spacial score (nSPS) is 12.2. The molecule has 20 heavy (non-hydrogen) atoms. The molecular formula is C13H23N5O2. The molecule has 7 heteroatoms. The van der Waals surface area contributed by atoms with Crippen molar-refractivity contribution in [2.75, 3.05) is 10.7 Å². The summed E-state index contributed by atoms with van der Waals surface area (Å²) in [7, 11) is 0. The number of nitrogens with two attached hydrogens (primary N) is 1. The Labute approximate surface area is 119 Å². The van der Waals surface area contributed by atoms with E-state index in [1.165, 1.54) is 18.6 Å². The quantitative estimate of drug-likeness (QED) is 0.384. The number of rotatable bonds is 8. The van der Waals surface area contributed by atoms with E-state index in [9.17, 15) is 10.1 Å². The Hall–Kier alpha value is -1.89. The number of nitrogens with zero attached hydrogens (tertiary/aromatic N) is 2. The Kier molecular flexibility index (Phi) is 6.17. The molecule has 0 spiro atoms. The van der Waals surface area contributed by atoms with Gasteiger partial charge in [-0.1, -0.05) is 26.7 Å². The summed E-state index contributed by atoms with van der Waals surface area (Å²) in [6, 6.07) is 2.92. The maximum absolute atomic E-state index is 10.8. The molecule has 0 fully saturated rings. The zero-order chi connectivity index (χ0) is 15.1. The minimum atomic E-state index is -0.461. The maximum atomic E-state index is 10.8. The van der Waals surface area contributed by atoms with Gasteiger partial charge in [-0.2, -0.15) is 0 Å². The average Bonchev–Trinajstić information content (AvgIpc) is 2.37. The van der Waals surface area contributed by atoms with Gasteiger partial charge in [0.25, 0.3) is 5.69 Å². The van der Waals surface area contributed by atoms with Crippen LogP contribution in [-0.2, 0) is 0 Å². The predicted octanol–water partition coefficient (Wildman–Crippen LogP) is 2.90. The number of pyridine rings is 1. The van der Waals surface area contributed by atoms with Crippen molar-refractivity contribution < 1.29 is 4.92 Å². The molecule has 1 atom stereocenters. The lowest BCUT2D eigenvalue weighted by Gasteiger charge is -2.15. The number of hydrogen-bond donors (Lipinski definition) is 3. The molecule has 112 valence electrons. The fraction of sp³-hybridized carbons (Fsp3) is 0.615. The highest BCUT2D eigenvalue weighted by atomic mass is 16.6. The summed E-state index contributed by atoms with van der Waals surface area (Å²) in [6.07, 6.45) is 3.28. The lowest BCUT2D eigenvalue weighted by molar-refractivity contribution is -0.384. The minimum Gasteiger partial charge on any atom is -0.367 e. The molecule has 1 aromatic rings. The van der Waals surface area contributed by atoms with Crippen molar-refractivity contribution in [2.24, 2.45) is 11.8 Å². The Morgan fingerprint density at radius 3 is 2.50 bits per heavy atom. The van der Waals surface area contributed by atoms with Gasteiger partial charge in [-0.05, 0) is 19.3 Å². The van der Waals surface area contributed by atoms with E-state index in [2.05, 4.69) is 29.6 Å². The third-order valence-corrected chi connectivity index (χ3v) is 2.98. The van der Waals surface area contributed by atoms with Crippen LogP contribution in [-0.4, -0.2) is 15.9 Å². The van der Waals surface area contributed by atoms with Gasteiger partial charge >= 0.3 is 0 Å². The Balaban J connectivity index is 2.66. The molecule has 1 aromatic heterocycles. The monoisotopic (exact) mass is 281 g/mol. The smallest absolute Gasteiger partial charge is 0.276 e. The highest BCUT2D eigenvalue weighted by Crippen LogP contribution is 2.21. The van der Waals surface area contributed by atoms with Crippen LogP contribution < -0.4 is 16.6 Å². The summed E-state index contributed by atoms with van der Waals surface area (Å²) in [5.41, 5.74) is 2.30. The molecule has 1 unspecified atom stereocenters. The minimum absolute atomic E-state index is 0.0372. The van der Waals surface area contributed by atoms with E-state index in [0.29, 0.717) is 11.7 Å². The third kappa shape index (κ3) is 5.40. The zero-order valence-corrected chi connectivity index (χ0v) is 12.2. The molecule has 0 aliphatic heterocycles. The second-order valence-electron chi connectivity index (χ2n) is 5.37. The lowest BCUT2D eigenvalue weighted by atomic mass is 10.0. The maximum Gasteiger partial charge on any atom is 0.276 e. The first-order chi connectivity index (χ1) is 9.42. The van der Waals surface area contributed by atoms with E-state index in [1.54, 1.807) is 0 Å². The lowest BCUT2D eigenvalue weighted by Crippen LogP contribution is -2.17. The van der Waals surface area contributed by atoms with E-state index in [-0.39, 0.29) is 17.5 Å². The molecule has 0 saturated heterocycles. The first-order valence-electron chi connectivity index (χ1n) is 6.82. The highest BCUT2D eigenvalue weighted by Gasteiger charge is 2.12. The molecule has 0 saturated carbocycles. The van der Waals surface area contributed by atoms with E-state index in [0.717, 1.165) is 12.8 Å². The standard InChI is InChI=1S/C13H23N5O2/c1-9(2)5-4-6-10(3)15-12-7-11(18(19)20)8-13(16-12)17-14/h7-10H,4-6,14H2,1-3H3,(H2,15,16,17). The van der Waals surface area contributed by atoms with Crippen molar-refractivity contribution >= 4 is 17.3 Å². The first-order valence-corrected chi connectivity index (χ1v) is 6.82. The highest BCUT2D eigenvalue weighted by molar-refractivity contribution is 5.54. The first kappa shape index (κ1) is 16.2. The van der Waals surface area contributed by atoms with Crippen LogP contribution in [0.15, 0.2) is 12.1 Å². The van der Waals surface area contributed by atoms with Crippen LogP contribution in [0.3, 0.4) is 0 Å². The molecule has 0 radical (unpaired) electrons. The van der Waals surface area contributed by atoms with Crippen molar-refractivity contribution in [1.82, 2.24) is 4.98 Å². The summed E-state index contributed by atoms with van der Waals surface area (Å²) >= 11 is 0. The zero-order valence-electron chi connectivity index (χ0n) is 12.2. The van der Waals surface area contributed by atoms with Gasteiger partial charge in [0.05, 0.1) is 17.1 Å². The molecule has 0 aliphatic rings. The summed E-state index contributed by atoms with van der Waals surface area (Å²) in [4.78, 5) is 14.5. The molecule has 0 aliphatic carbocycles. The number of anilines is 2. The Morgan fingerprint density at radius 2 is 1.95 bits per heavy atom. The van der Waals surface area contributed by atoms with Gasteiger partial charge in [-0.3, -0.25) is 10.1 Å². The van der Waals surface area contributed by atoms with Crippen LogP contribution in [0.1, 0.15) is 40.0 Å². The van der Waals surface area contributed by atoms with Gasteiger partial charge in [0, 0.05) is 6.04 Å². The summed E-state index contributed by atoms with van der Waals surface area (Å²) in [5.74, 6) is 6.69. The number of nitro groups is 1. The van der Waals surface area contributed by atoms with Gasteiger partial charge in [-0.25, -0.2) is 10.8 Å². The predicted molar refractivity (Wildman–Crippen MR) is 80.5 cm³/mol. The van der Waals surface area contributed by atoms with Crippen molar-refractivity contribution in [2.45, 2.75) is 46.1 Å². The second kappa shape index (κ2) is 7.64. The number of nitrogen functional groups attached to an aromatic ring is 1. The summed E-state index contributed by atoms with van der Waals surface area (Å²) in [5, 5.41) is 14.0. The van der Waals surface area contributed by atoms with Crippen molar-refractivity contribution in [3.05, 3.63) is 22.2 Å². The van der Waals surface area contributed by atoms with Gasteiger partial charge in [0.2, 0.25) is 0 Å². The summed E-state index contributed by atoms with van der Waals surface area (Å²) in [6.45, 7) is 6.43. The number of aromatic nitrogens is 1. The average molecular weight is 281 g/mol. The van der Waals surface area contributed by atoms with Crippen molar-refractivity contribution in [1.29, 1.82) is 0 Å². The number of hydrazine groups is 1. The number of nitrogens with one attached hydrogen (secondary N) is 2. The Morgan fingerprint density at radius 1 is 1.30 bits per heavy atom. The molecular weight excluding hydrogens is 258 g/mol. The van der Waals surface area contributed by atoms with Crippen molar-refractivity contribution in [3.8, 4) is 0 Å². The Bertz CT molecular complexity index is 450. The van der Waals surface area contributed by atoms with Crippen LogP contribution in [0.4, 0.5) is 17.3 Å². The molecule has 1 heterocycles. The van der Waals surface area contributed by atoms with Gasteiger partial charge in [0.1, 0.15) is 11.6 Å². The molecule has 4 N–H and O–H groups in total. The van der Waals surface area contributed by atoms with E-state index in [1.807, 2.05) is 6.92 Å². The molecule has 0 aromatic carbocycles. The number of hydrogen-bond acceptors (Lipinski definition) is 6. The van der Waals surface area contributed by atoms with Crippen LogP contribution in [0.2, 0.25) is 0 Å². The van der Waals surface area contributed by atoms with Crippen LogP contribution in [0, 0.1) is 16.0 Å². The SMILES string of the molecule is CC(C)CCCC(C)Nc1cc([N+](=O)[O-])cc(NN)n1. The van der Waals surface area contributed by atoms with Crippen LogP contribution in [0.5, 0.6) is 0 Å². The largest absolute Gasteiger partial charge is 0.367 e. The van der Waals surface area contributed by atoms with Gasteiger partial charge in [0.15, 0.2) is 0 Å². The van der Waals surface area contributed by atoms with E-state index < -0.39 is 4.92 Å². The van der Waals surface area contributed by atoms with E-state index >= 15 is 0 Å². The second-order valence-corrected chi connectivity index (χ2v) is 5.37. The van der Waals surface area contributed by atoms with E-state index in [4.69, 9.17) is 5.84 Å².